The molecule has 1 aliphatic heterocycles. The van der Waals surface area contributed by atoms with Crippen molar-refractivity contribution in [3.05, 3.63) is 47.5 Å². The molecule has 2 aromatic rings. The third-order valence-corrected chi connectivity index (χ3v) is 7.56. The van der Waals surface area contributed by atoms with E-state index in [0.717, 1.165) is 62.0 Å². The Labute approximate surface area is 223 Å². The predicted octanol–water partition coefficient (Wildman–Crippen LogP) is 4.83. The molecule has 1 fully saturated rings. The SMILES string of the molecule is CC(C)C(OC(=O)NCCC[C@@H](Cc1ncn2c1CCc1ccccc1-2)C(=O)O)OC(=O)C1CCCCC1. The van der Waals surface area contributed by atoms with Crippen molar-refractivity contribution in [1.82, 2.24) is 14.9 Å². The highest BCUT2D eigenvalue weighted by Gasteiger charge is 2.29. The smallest absolute Gasteiger partial charge is 0.410 e. The van der Waals surface area contributed by atoms with Crippen molar-refractivity contribution in [2.75, 3.05) is 6.54 Å². The normalized spacial score (nSPS) is 16.7. The van der Waals surface area contributed by atoms with Gasteiger partial charge in [-0.2, -0.15) is 0 Å². The molecule has 9 heteroatoms. The van der Waals surface area contributed by atoms with Gasteiger partial charge < -0.3 is 24.5 Å². The van der Waals surface area contributed by atoms with Gasteiger partial charge in [0.25, 0.3) is 6.29 Å². The molecule has 206 valence electrons. The van der Waals surface area contributed by atoms with Crippen molar-refractivity contribution in [2.24, 2.45) is 17.8 Å². The minimum atomic E-state index is -0.951. The van der Waals surface area contributed by atoms with E-state index in [1.807, 2.05) is 26.0 Å². The third kappa shape index (κ3) is 6.94. The number of alkyl carbamates (subject to hydrolysis) is 1. The number of esters is 1. The lowest BCUT2D eigenvalue weighted by Crippen LogP contribution is -2.36. The van der Waals surface area contributed by atoms with Crippen molar-refractivity contribution in [3.8, 4) is 5.69 Å². The average Bonchev–Trinajstić information content (AvgIpc) is 3.33. The highest BCUT2D eigenvalue weighted by molar-refractivity contribution is 5.73. The van der Waals surface area contributed by atoms with Gasteiger partial charge in [0.1, 0.15) is 0 Å². The Morgan fingerprint density at radius 3 is 2.61 bits per heavy atom. The molecule has 1 saturated carbocycles. The first kappa shape index (κ1) is 27.7. The maximum Gasteiger partial charge on any atom is 0.410 e. The molecule has 0 spiro atoms. The lowest BCUT2D eigenvalue weighted by atomic mass is 9.89. The maximum atomic E-state index is 12.5. The van der Waals surface area contributed by atoms with E-state index >= 15 is 0 Å². The fraction of sp³-hybridized carbons (Fsp3) is 0.586. The number of rotatable bonds is 11. The van der Waals surface area contributed by atoms with E-state index in [2.05, 4.69) is 27.0 Å². The summed E-state index contributed by atoms with van der Waals surface area (Å²) in [4.78, 5) is 41.4. The number of amides is 1. The van der Waals surface area contributed by atoms with Crippen molar-refractivity contribution in [2.45, 2.75) is 84.3 Å². The maximum absolute atomic E-state index is 12.5. The van der Waals surface area contributed by atoms with Crippen LogP contribution in [0.15, 0.2) is 30.6 Å². The van der Waals surface area contributed by atoms with Crippen molar-refractivity contribution in [3.63, 3.8) is 0 Å². The molecule has 38 heavy (non-hydrogen) atoms. The lowest BCUT2D eigenvalue weighted by Gasteiger charge is -2.25. The number of aromatic nitrogens is 2. The summed E-state index contributed by atoms with van der Waals surface area (Å²) in [6.45, 7) is 3.92. The number of hydrogen-bond acceptors (Lipinski definition) is 6. The summed E-state index contributed by atoms with van der Waals surface area (Å²) in [6, 6.07) is 8.19. The average molecular weight is 526 g/mol. The Kier molecular flexibility index (Phi) is 9.42. The van der Waals surface area contributed by atoms with Gasteiger partial charge in [0, 0.05) is 30.3 Å². The van der Waals surface area contributed by atoms with Gasteiger partial charge in [-0.1, -0.05) is 51.3 Å². The summed E-state index contributed by atoms with van der Waals surface area (Å²) in [6.07, 6.45) is 7.90. The van der Waals surface area contributed by atoms with Gasteiger partial charge in [0.05, 0.1) is 23.9 Å². The van der Waals surface area contributed by atoms with Gasteiger partial charge in [-0.05, 0) is 50.2 Å². The minimum Gasteiger partial charge on any atom is -0.481 e. The molecule has 0 bridgehead atoms. The summed E-state index contributed by atoms with van der Waals surface area (Å²) in [5, 5.41) is 12.5. The van der Waals surface area contributed by atoms with Crippen LogP contribution < -0.4 is 5.32 Å². The monoisotopic (exact) mass is 525 g/mol. The van der Waals surface area contributed by atoms with Gasteiger partial charge in [0.15, 0.2) is 0 Å². The second kappa shape index (κ2) is 12.9. The number of benzene rings is 1. The molecule has 2 N–H and O–H groups in total. The van der Waals surface area contributed by atoms with Crippen molar-refractivity contribution < 1.29 is 29.0 Å². The molecular formula is C29H39N3O6. The van der Waals surface area contributed by atoms with Crippen molar-refractivity contribution in [1.29, 1.82) is 0 Å². The number of hydrogen-bond donors (Lipinski definition) is 2. The van der Waals surface area contributed by atoms with Crippen LogP contribution in [0.2, 0.25) is 0 Å². The number of carboxylic acid groups (broad SMARTS) is 1. The Bertz CT molecular complexity index is 1120. The molecule has 2 heterocycles. The van der Waals surface area contributed by atoms with Crippen LogP contribution in [0.1, 0.15) is 75.7 Å². The molecule has 4 rings (SSSR count). The largest absolute Gasteiger partial charge is 0.481 e. The number of nitrogens with one attached hydrogen (secondary N) is 1. The van der Waals surface area contributed by atoms with Crippen LogP contribution in [0.4, 0.5) is 4.79 Å². The number of aliphatic carboxylic acids is 1. The van der Waals surface area contributed by atoms with E-state index in [0.29, 0.717) is 19.3 Å². The number of carbonyl (C=O) groups excluding carboxylic acids is 2. The molecule has 1 aliphatic carbocycles. The predicted molar refractivity (Wildman–Crippen MR) is 141 cm³/mol. The summed E-state index contributed by atoms with van der Waals surface area (Å²) < 4.78 is 13.0. The molecule has 0 saturated heterocycles. The fourth-order valence-corrected chi connectivity index (χ4v) is 5.34. The second-order valence-electron chi connectivity index (χ2n) is 10.7. The van der Waals surface area contributed by atoms with Crippen LogP contribution in [0.25, 0.3) is 5.69 Å². The summed E-state index contributed by atoms with van der Waals surface area (Å²) in [5.41, 5.74) is 4.25. The number of para-hydroxylation sites is 1. The van der Waals surface area contributed by atoms with Crippen LogP contribution in [-0.2, 0) is 38.3 Å². The fourth-order valence-electron chi connectivity index (χ4n) is 5.34. The third-order valence-electron chi connectivity index (χ3n) is 7.56. The van der Waals surface area contributed by atoms with E-state index < -0.39 is 24.3 Å². The number of carbonyl (C=O) groups is 3. The zero-order chi connectivity index (χ0) is 27.1. The van der Waals surface area contributed by atoms with Crippen LogP contribution in [-0.4, -0.2) is 45.5 Å². The van der Waals surface area contributed by atoms with Gasteiger partial charge in [-0.3, -0.25) is 9.59 Å². The molecule has 2 aliphatic rings. The molecule has 0 radical (unpaired) electrons. The first-order valence-electron chi connectivity index (χ1n) is 13.8. The molecule has 2 atom stereocenters. The van der Waals surface area contributed by atoms with E-state index in [9.17, 15) is 19.5 Å². The molecule has 1 aromatic heterocycles. The zero-order valence-corrected chi connectivity index (χ0v) is 22.4. The topological polar surface area (TPSA) is 120 Å². The minimum absolute atomic E-state index is 0.125. The lowest BCUT2D eigenvalue weighted by molar-refractivity contribution is -0.180. The molecular weight excluding hydrogens is 486 g/mol. The highest BCUT2D eigenvalue weighted by atomic mass is 16.7. The van der Waals surface area contributed by atoms with Crippen LogP contribution in [0, 0.1) is 17.8 Å². The van der Waals surface area contributed by atoms with Crippen molar-refractivity contribution >= 4 is 18.0 Å². The van der Waals surface area contributed by atoms with E-state index in [4.69, 9.17) is 9.47 Å². The molecule has 1 unspecified atom stereocenters. The molecule has 1 aromatic carbocycles. The quantitative estimate of drug-likeness (QED) is 0.245. The van der Waals surface area contributed by atoms with Gasteiger partial charge in [-0.15, -0.1) is 0 Å². The van der Waals surface area contributed by atoms with Crippen LogP contribution >= 0.6 is 0 Å². The van der Waals surface area contributed by atoms with Gasteiger partial charge in [0.2, 0.25) is 0 Å². The number of imidazole rings is 1. The Balaban J connectivity index is 1.24. The van der Waals surface area contributed by atoms with Crippen LogP contribution in [0.5, 0.6) is 0 Å². The molecule has 1 amide bonds. The Morgan fingerprint density at radius 1 is 1.11 bits per heavy atom. The Hall–Kier alpha value is -3.36. The van der Waals surface area contributed by atoms with Gasteiger partial charge >= 0.3 is 18.0 Å². The Morgan fingerprint density at radius 2 is 1.87 bits per heavy atom. The summed E-state index contributed by atoms with van der Waals surface area (Å²) in [7, 11) is 0. The zero-order valence-electron chi connectivity index (χ0n) is 22.4. The molecule has 9 nitrogen and oxygen atoms in total. The summed E-state index contributed by atoms with van der Waals surface area (Å²) >= 11 is 0. The number of carboxylic acids is 1. The van der Waals surface area contributed by atoms with E-state index in [1.165, 1.54) is 5.56 Å². The highest BCUT2D eigenvalue weighted by Crippen LogP contribution is 2.28. The number of fused-ring (bicyclic) bond motifs is 3. The number of ether oxygens (including phenoxy) is 2. The van der Waals surface area contributed by atoms with E-state index in [-0.39, 0.29) is 24.3 Å². The standard InChI is InChI=1S/C29H39N3O6/c1-19(2)28(37-27(35)21-10-4-3-5-11-21)38-29(36)30-16-8-12-22(26(33)34)17-23-25-15-14-20-9-6-7-13-24(20)32(25)18-31-23/h6-7,9,13,18-19,21-22,28H,3-5,8,10-12,14-17H2,1-2H3,(H,30,36)(H,33,34)/t22-,28?/m0/s1. The first-order valence-corrected chi connectivity index (χ1v) is 13.8. The van der Waals surface area contributed by atoms with E-state index in [1.54, 1.807) is 6.33 Å². The number of aryl methyl sites for hydroxylation is 1. The first-order chi connectivity index (χ1) is 18.3. The second-order valence-corrected chi connectivity index (χ2v) is 10.7. The summed E-state index contributed by atoms with van der Waals surface area (Å²) in [5.74, 6) is -2.09. The van der Waals surface area contributed by atoms with Crippen LogP contribution in [0.3, 0.4) is 0 Å². The van der Waals surface area contributed by atoms with Gasteiger partial charge in [-0.25, -0.2) is 9.78 Å². The number of nitrogens with zero attached hydrogens (tertiary/aromatic N) is 2.